The van der Waals surface area contributed by atoms with Crippen molar-refractivity contribution < 1.29 is 22.7 Å². The minimum absolute atomic E-state index is 0.0655. The van der Waals surface area contributed by atoms with Crippen molar-refractivity contribution in [3.63, 3.8) is 0 Å². The smallest absolute Gasteiger partial charge is 0.335 e. The normalized spacial score (nSPS) is 11.3. The van der Waals surface area contributed by atoms with Gasteiger partial charge < -0.3 is 5.11 Å². The van der Waals surface area contributed by atoms with Gasteiger partial charge in [-0.3, -0.25) is 4.72 Å². The minimum atomic E-state index is -3.95. The van der Waals surface area contributed by atoms with Crippen LogP contribution in [0.1, 0.15) is 10.4 Å². The topological polar surface area (TPSA) is 83.5 Å². The third kappa shape index (κ3) is 3.09. The maximum atomic E-state index is 13.6. The van der Waals surface area contributed by atoms with Crippen molar-refractivity contribution in [3.05, 3.63) is 46.0 Å². The Morgan fingerprint density at radius 3 is 2.50 bits per heavy atom. The van der Waals surface area contributed by atoms with E-state index in [1.165, 1.54) is 12.1 Å². The average molecular weight is 336 g/mol. The zero-order valence-corrected chi connectivity index (χ0v) is 12.0. The third-order valence-electron chi connectivity index (χ3n) is 2.27. The number of sulfonamides is 1. The molecule has 0 aliphatic heterocycles. The fourth-order valence-electron chi connectivity index (χ4n) is 1.37. The number of carboxylic acid groups (broad SMARTS) is 1. The van der Waals surface area contributed by atoms with Crippen molar-refractivity contribution >= 4 is 44.6 Å². The van der Waals surface area contributed by atoms with Crippen LogP contribution >= 0.6 is 22.9 Å². The molecule has 0 unspecified atom stereocenters. The van der Waals surface area contributed by atoms with Gasteiger partial charge in [-0.25, -0.2) is 17.6 Å². The van der Waals surface area contributed by atoms with E-state index >= 15 is 0 Å². The highest BCUT2D eigenvalue weighted by Gasteiger charge is 2.19. The molecule has 1 aromatic carbocycles. The van der Waals surface area contributed by atoms with E-state index in [1.54, 1.807) is 0 Å². The van der Waals surface area contributed by atoms with Crippen LogP contribution in [-0.4, -0.2) is 19.5 Å². The average Bonchev–Trinajstić information content (AvgIpc) is 2.79. The SMILES string of the molecule is O=C(O)c1ccc(NS(=O)(=O)c2ccc(Cl)s2)c(F)c1. The first-order valence-electron chi connectivity index (χ1n) is 5.10. The Morgan fingerprint density at radius 2 is 2.00 bits per heavy atom. The summed E-state index contributed by atoms with van der Waals surface area (Å²) >= 11 is 6.47. The van der Waals surface area contributed by atoms with Gasteiger partial charge in [0.15, 0.2) is 0 Å². The van der Waals surface area contributed by atoms with Crippen LogP contribution in [0.15, 0.2) is 34.5 Å². The fourth-order valence-corrected chi connectivity index (χ4v) is 3.92. The molecule has 0 amide bonds. The lowest BCUT2D eigenvalue weighted by Gasteiger charge is -2.07. The Kier molecular flexibility index (Phi) is 3.98. The Morgan fingerprint density at radius 1 is 1.30 bits per heavy atom. The lowest BCUT2D eigenvalue weighted by atomic mass is 10.2. The lowest BCUT2D eigenvalue weighted by Crippen LogP contribution is -2.13. The Bertz CT molecular complexity index is 772. The summed E-state index contributed by atoms with van der Waals surface area (Å²) in [5.74, 6) is -2.28. The van der Waals surface area contributed by atoms with Gasteiger partial charge in [-0.15, -0.1) is 11.3 Å². The number of aromatic carboxylic acids is 1. The molecule has 0 bridgehead atoms. The second kappa shape index (κ2) is 5.39. The molecule has 0 spiro atoms. The summed E-state index contributed by atoms with van der Waals surface area (Å²) in [6.07, 6.45) is 0. The predicted octanol–water partition coefficient (Wildman–Crippen LogP) is 3.04. The molecule has 1 heterocycles. The van der Waals surface area contributed by atoms with E-state index < -0.39 is 21.8 Å². The number of thiophene rings is 1. The number of rotatable bonds is 4. The molecule has 0 saturated heterocycles. The van der Waals surface area contributed by atoms with Crippen LogP contribution in [0, 0.1) is 5.82 Å². The number of benzene rings is 1. The minimum Gasteiger partial charge on any atom is -0.478 e. The molecule has 0 fully saturated rings. The molecule has 0 aliphatic rings. The highest BCUT2D eigenvalue weighted by atomic mass is 35.5. The first-order chi connectivity index (χ1) is 9.29. The summed E-state index contributed by atoms with van der Waals surface area (Å²) in [6.45, 7) is 0. The van der Waals surface area contributed by atoms with Crippen LogP contribution in [0.3, 0.4) is 0 Å². The van der Waals surface area contributed by atoms with Crippen molar-refractivity contribution in [1.29, 1.82) is 0 Å². The largest absolute Gasteiger partial charge is 0.478 e. The number of anilines is 1. The van der Waals surface area contributed by atoms with Crippen LogP contribution in [0.5, 0.6) is 0 Å². The van der Waals surface area contributed by atoms with Crippen LogP contribution in [0.4, 0.5) is 10.1 Å². The van der Waals surface area contributed by atoms with Gasteiger partial charge in [-0.05, 0) is 30.3 Å². The first-order valence-corrected chi connectivity index (χ1v) is 7.78. The molecule has 106 valence electrons. The van der Waals surface area contributed by atoms with Gasteiger partial charge in [0, 0.05) is 0 Å². The monoisotopic (exact) mass is 335 g/mol. The van der Waals surface area contributed by atoms with Crippen molar-refractivity contribution in [2.75, 3.05) is 4.72 Å². The number of hydrogen-bond donors (Lipinski definition) is 2. The van der Waals surface area contributed by atoms with Crippen LogP contribution < -0.4 is 4.72 Å². The van der Waals surface area contributed by atoms with Crippen LogP contribution in [0.2, 0.25) is 4.34 Å². The zero-order chi connectivity index (χ0) is 14.9. The number of nitrogens with one attached hydrogen (secondary N) is 1. The van der Waals surface area contributed by atoms with Gasteiger partial charge in [0.25, 0.3) is 10.0 Å². The second-order valence-corrected chi connectivity index (χ2v) is 7.29. The molecule has 0 radical (unpaired) electrons. The molecule has 5 nitrogen and oxygen atoms in total. The summed E-state index contributed by atoms with van der Waals surface area (Å²) in [6, 6.07) is 5.58. The fraction of sp³-hybridized carbons (Fsp3) is 0. The van der Waals surface area contributed by atoms with Crippen molar-refractivity contribution in [1.82, 2.24) is 0 Å². The molecule has 0 saturated carbocycles. The second-order valence-electron chi connectivity index (χ2n) is 3.66. The van der Waals surface area contributed by atoms with E-state index in [0.717, 1.165) is 29.5 Å². The highest BCUT2D eigenvalue weighted by Crippen LogP contribution is 2.28. The van der Waals surface area contributed by atoms with Crippen molar-refractivity contribution in [2.24, 2.45) is 0 Å². The van der Waals surface area contributed by atoms with E-state index in [4.69, 9.17) is 16.7 Å². The molecule has 9 heteroatoms. The molecule has 0 atom stereocenters. The first kappa shape index (κ1) is 14.8. The van der Waals surface area contributed by atoms with Crippen LogP contribution in [-0.2, 0) is 10.0 Å². The van der Waals surface area contributed by atoms with Gasteiger partial charge in [0.05, 0.1) is 15.6 Å². The van der Waals surface area contributed by atoms with Crippen molar-refractivity contribution in [3.8, 4) is 0 Å². The summed E-state index contributed by atoms with van der Waals surface area (Å²) in [5.41, 5.74) is -0.607. The number of carbonyl (C=O) groups is 1. The van der Waals surface area contributed by atoms with Gasteiger partial charge in [0.2, 0.25) is 0 Å². The lowest BCUT2D eigenvalue weighted by molar-refractivity contribution is 0.0696. The molecule has 2 N–H and O–H groups in total. The van der Waals surface area contributed by atoms with Gasteiger partial charge in [-0.2, -0.15) is 0 Å². The summed E-state index contributed by atoms with van der Waals surface area (Å²) in [7, 11) is -3.95. The Balaban J connectivity index is 2.32. The zero-order valence-electron chi connectivity index (χ0n) is 9.63. The Labute approximate surface area is 122 Å². The molecule has 20 heavy (non-hydrogen) atoms. The van der Waals surface area contributed by atoms with Gasteiger partial charge in [-0.1, -0.05) is 11.6 Å². The van der Waals surface area contributed by atoms with E-state index in [-0.39, 0.29) is 19.8 Å². The molecule has 0 aliphatic carbocycles. The van der Waals surface area contributed by atoms with Crippen LogP contribution in [0.25, 0.3) is 0 Å². The standard InChI is InChI=1S/C11H7ClFNO4S2/c12-9-3-4-10(19-9)20(17,18)14-8-2-1-6(11(15)16)5-7(8)13/h1-5,14H,(H,15,16). The van der Waals surface area contributed by atoms with E-state index in [2.05, 4.69) is 0 Å². The highest BCUT2D eigenvalue weighted by molar-refractivity contribution is 7.94. The molecular weight excluding hydrogens is 329 g/mol. The molecule has 1 aromatic heterocycles. The predicted molar refractivity (Wildman–Crippen MR) is 73.5 cm³/mol. The molecular formula is C11H7ClFNO4S2. The van der Waals surface area contributed by atoms with E-state index in [0.29, 0.717) is 0 Å². The molecule has 2 aromatic rings. The summed E-state index contributed by atoms with van der Waals surface area (Å²) < 4.78 is 39.8. The maximum absolute atomic E-state index is 13.6. The Hall–Kier alpha value is -1.64. The molecule has 2 rings (SSSR count). The quantitative estimate of drug-likeness (QED) is 0.899. The number of carboxylic acids is 1. The summed E-state index contributed by atoms with van der Waals surface area (Å²) in [4.78, 5) is 10.7. The van der Waals surface area contributed by atoms with Gasteiger partial charge >= 0.3 is 5.97 Å². The summed E-state index contributed by atoms with van der Waals surface area (Å²) in [5, 5.41) is 8.70. The number of hydrogen-bond acceptors (Lipinski definition) is 4. The van der Waals surface area contributed by atoms with Crippen molar-refractivity contribution in [2.45, 2.75) is 4.21 Å². The maximum Gasteiger partial charge on any atom is 0.335 e. The van der Waals surface area contributed by atoms with E-state index in [9.17, 15) is 17.6 Å². The van der Waals surface area contributed by atoms with E-state index in [1.807, 2.05) is 4.72 Å². The number of halogens is 2. The van der Waals surface area contributed by atoms with Gasteiger partial charge in [0.1, 0.15) is 10.0 Å². The third-order valence-corrected chi connectivity index (χ3v) is 5.36.